The molecule has 0 unspecified atom stereocenters. The molecule has 0 saturated carbocycles. The van der Waals surface area contributed by atoms with Crippen molar-refractivity contribution in [3.8, 4) is 0 Å². The van der Waals surface area contributed by atoms with Crippen LogP contribution in [0, 0.1) is 0 Å². The SMILES string of the molecule is CN(C)c1cccc(/C=C/c2c(Cl)cc(Cl)c(=O)n2CCc2ccc(C(=O)O)cc2)c1. The number of rotatable bonds is 7. The molecule has 31 heavy (non-hydrogen) atoms. The molecule has 0 saturated heterocycles. The quantitative estimate of drug-likeness (QED) is 0.521. The molecule has 0 fully saturated rings. The van der Waals surface area contributed by atoms with Crippen molar-refractivity contribution in [2.45, 2.75) is 13.0 Å². The predicted octanol–water partition coefficient (Wildman–Crippen LogP) is 5.33. The number of nitrogens with zero attached hydrogens (tertiary/aromatic N) is 2. The minimum atomic E-state index is -0.977. The third kappa shape index (κ3) is 5.57. The topological polar surface area (TPSA) is 62.5 Å². The average Bonchev–Trinajstić information content (AvgIpc) is 2.75. The minimum Gasteiger partial charge on any atom is -0.478 e. The summed E-state index contributed by atoms with van der Waals surface area (Å²) in [6.07, 6.45) is 4.23. The number of hydrogen-bond acceptors (Lipinski definition) is 3. The van der Waals surface area contributed by atoms with E-state index in [4.69, 9.17) is 28.3 Å². The highest BCUT2D eigenvalue weighted by molar-refractivity contribution is 6.35. The maximum Gasteiger partial charge on any atom is 0.335 e. The normalized spacial score (nSPS) is 11.1. The molecule has 3 rings (SSSR count). The highest BCUT2D eigenvalue weighted by atomic mass is 35.5. The Hall–Kier alpha value is -3.02. The molecule has 0 aliphatic rings. The molecule has 0 amide bonds. The summed E-state index contributed by atoms with van der Waals surface area (Å²) in [5, 5.41) is 9.47. The molecule has 1 aromatic heterocycles. The number of carboxylic acids is 1. The number of carbonyl (C=O) groups is 1. The summed E-state index contributed by atoms with van der Waals surface area (Å²) in [6, 6.07) is 16.0. The second kappa shape index (κ2) is 9.86. The van der Waals surface area contributed by atoms with Gasteiger partial charge < -0.3 is 14.6 Å². The summed E-state index contributed by atoms with van der Waals surface area (Å²) in [4.78, 5) is 25.7. The van der Waals surface area contributed by atoms with Crippen molar-refractivity contribution in [1.82, 2.24) is 4.57 Å². The number of aromatic carboxylic acids is 1. The molecule has 1 N–H and O–H groups in total. The van der Waals surface area contributed by atoms with E-state index in [1.807, 2.05) is 55.4 Å². The second-order valence-corrected chi connectivity index (χ2v) is 8.07. The summed E-state index contributed by atoms with van der Waals surface area (Å²) in [5.41, 5.74) is 3.40. The van der Waals surface area contributed by atoms with Gasteiger partial charge in [0, 0.05) is 26.3 Å². The molecule has 3 aromatic rings. The third-order valence-electron chi connectivity index (χ3n) is 4.88. The van der Waals surface area contributed by atoms with Crippen LogP contribution in [0.4, 0.5) is 5.69 Å². The van der Waals surface area contributed by atoms with Crippen molar-refractivity contribution in [3.63, 3.8) is 0 Å². The maximum absolute atomic E-state index is 12.7. The van der Waals surface area contributed by atoms with E-state index in [-0.39, 0.29) is 16.1 Å². The Labute approximate surface area is 190 Å². The summed E-state index contributed by atoms with van der Waals surface area (Å²) in [6.45, 7) is 0.350. The van der Waals surface area contributed by atoms with Gasteiger partial charge in [0.25, 0.3) is 5.56 Å². The first kappa shape index (κ1) is 22.7. The Morgan fingerprint density at radius 2 is 1.74 bits per heavy atom. The van der Waals surface area contributed by atoms with Gasteiger partial charge in [-0.3, -0.25) is 4.79 Å². The lowest BCUT2D eigenvalue weighted by atomic mass is 10.1. The van der Waals surface area contributed by atoms with Crippen molar-refractivity contribution < 1.29 is 9.90 Å². The molecule has 0 aliphatic heterocycles. The van der Waals surface area contributed by atoms with Crippen LogP contribution in [0.15, 0.2) is 59.4 Å². The number of anilines is 1. The Balaban J connectivity index is 1.90. The van der Waals surface area contributed by atoms with Crippen LogP contribution in [0.1, 0.15) is 27.2 Å². The smallest absolute Gasteiger partial charge is 0.335 e. The molecule has 0 spiro atoms. The van der Waals surface area contributed by atoms with E-state index in [0.29, 0.717) is 23.7 Å². The van der Waals surface area contributed by atoms with Gasteiger partial charge in [0.15, 0.2) is 0 Å². The zero-order chi connectivity index (χ0) is 22.5. The van der Waals surface area contributed by atoms with Gasteiger partial charge in [-0.15, -0.1) is 0 Å². The monoisotopic (exact) mass is 456 g/mol. The third-order valence-corrected chi connectivity index (χ3v) is 5.46. The van der Waals surface area contributed by atoms with Gasteiger partial charge in [0.2, 0.25) is 0 Å². The predicted molar refractivity (Wildman–Crippen MR) is 128 cm³/mol. The number of halogens is 2. The molecule has 1 heterocycles. The molecular weight excluding hydrogens is 435 g/mol. The number of hydrogen-bond donors (Lipinski definition) is 1. The number of aromatic nitrogens is 1. The van der Waals surface area contributed by atoms with Gasteiger partial charge in [-0.25, -0.2) is 4.79 Å². The number of pyridine rings is 1. The van der Waals surface area contributed by atoms with Crippen LogP contribution in [0.2, 0.25) is 10.0 Å². The van der Waals surface area contributed by atoms with Gasteiger partial charge in [-0.2, -0.15) is 0 Å². The van der Waals surface area contributed by atoms with E-state index in [1.165, 1.54) is 6.07 Å². The molecule has 0 aliphatic carbocycles. The highest BCUT2D eigenvalue weighted by Crippen LogP contribution is 2.22. The second-order valence-electron chi connectivity index (χ2n) is 7.26. The van der Waals surface area contributed by atoms with Gasteiger partial charge in [0.1, 0.15) is 5.02 Å². The van der Waals surface area contributed by atoms with E-state index < -0.39 is 5.97 Å². The fourth-order valence-corrected chi connectivity index (χ4v) is 3.68. The first-order chi connectivity index (χ1) is 14.8. The summed E-state index contributed by atoms with van der Waals surface area (Å²) < 4.78 is 1.54. The van der Waals surface area contributed by atoms with Gasteiger partial charge >= 0.3 is 5.97 Å². The number of benzene rings is 2. The van der Waals surface area contributed by atoms with E-state index in [9.17, 15) is 9.59 Å². The van der Waals surface area contributed by atoms with Crippen LogP contribution < -0.4 is 10.5 Å². The van der Waals surface area contributed by atoms with E-state index in [2.05, 4.69) is 0 Å². The minimum absolute atomic E-state index is 0.0537. The molecule has 5 nitrogen and oxygen atoms in total. The van der Waals surface area contributed by atoms with Crippen LogP contribution in [-0.4, -0.2) is 29.7 Å². The highest BCUT2D eigenvalue weighted by Gasteiger charge is 2.11. The summed E-state index contributed by atoms with van der Waals surface area (Å²) in [5.74, 6) is -0.977. The van der Waals surface area contributed by atoms with Gasteiger partial charge in [-0.05, 0) is 54.0 Å². The van der Waals surface area contributed by atoms with Gasteiger partial charge in [0.05, 0.1) is 16.3 Å². The van der Waals surface area contributed by atoms with Crippen molar-refractivity contribution in [2.24, 2.45) is 0 Å². The van der Waals surface area contributed by atoms with E-state index in [0.717, 1.165) is 16.8 Å². The fraction of sp³-hybridized carbons (Fsp3) is 0.167. The zero-order valence-corrected chi connectivity index (χ0v) is 18.7. The standard InChI is InChI=1S/C24H22Cl2N2O3/c1-27(2)19-5-3-4-17(14-19)8-11-22-20(25)15-21(26)23(29)28(22)13-12-16-6-9-18(10-7-16)24(30)31/h3-11,14-15H,12-13H2,1-2H3,(H,30,31)/b11-8+. The number of aryl methyl sites for hydroxylation is 1. The van der Waals surface area contributed by atoms with Crippen LogP contribution >= 0.6 is 23.2 Å². The first-order valence-corrected chi connectivity index (χ1v) is 10.4. The van der Waals surface area contributed by atoms with Crippen molar-refractivity contribution in [2.75, 3.05) is 19.0 Å². The Morgan fingerprint density at radius 3 is 2.39 bits per heavy atom. The Kier molecular flexibility index (Phi) is 7.21. The zero-order valence-electron chi connectivity index (χ0n) is 17.2. The van der Waals surface area contributed by atoms with E-state index >= 15 is 0 Å². The average molecular weight is 457 g/mol. The first-order valence-electron chi connectivity index (χ1n) is 9.63. The van der Waals surface area contributed by atoms with Gasteiger partial charge in [-0.1, -0.05) is 53.5 Å². The number of carboxylic acid groups (broad SMARTS) is 1. The van der Waals surface area contributed by atoms with Crippen LogP contribution in [0.5, 0.6) is 0 Å². The lowest BCUT2D eigenvalue weighted by molar-refractivity contribution is 0.0697. The lowest BCUT2D eigenvalue weighted by Crippen LogP contribution is -2.24. The largest absolute Gasteiger partial charge is 0.478 e. The van der Waals surface area contributed by atoms with Crippen LogP contribution in [-0.2, 0) is 13.0 Å². The van der Waals surface area contributed by atoms with Crippen LogP contribution in [0.25, 0.3) is 12.2 Å². The molecule has 160 valence electrons. The molecule has 2 aromatic carbocycles. The summed E-state index contributed by atoms with van der Waals surface area (Å²) in [7, 11) is 3.94. The summed E-state index contributed by atoms with van der Waals surface area (Å²) >= 11 is 12.5. The molecule has 7 heteroatoms. The molecule has 0 atom stereocenters. The molecule has 0 bridgehead atoms. The van der Waals surface area contributed by atoms with Crippen molar-refractivity contribution >= 4 is 47.0 Å². The van der Waals surface area contributed by atoms with Crippen molar-refractivity contribution in [1.29, 1.82) is 0 Å². The lowest BCUT2D eigenvalue weighted by Gasteiger charge is -2.14. The molecular formula is C24H22Cl2N2O3. The fourth-order valence-electron chi connectivity index (χ4n) is 3.14. The Morgan fingerprint density at radius 1 is 1.03 bits per heavy atom. The van der Waals surface area contributed by atoms with E-state index in [1.54, 1.807) is 28.8 Å². The Bertz CT molecular complexity index is 1180. The van der Waals surface area contributed by atoms with Crippen molar-refractivity contribution in [3.05, 3.63) is 97.4 Å². The maximum atomic E-state index is 12.7. The van der Waals surface area contributed by atoms with Crippen LogP contribution in [0.3, 0.4) is 0 Å². The molecule has 0 radical (unpaired) electrons.